The normalized spacial score (nSPS) is 16.4. The zero-order chi connectivity index (χ0) is 22.2. The Hall–Kier alpha value is -3.24. The van der Waals surface area contributed by atoms with Crippen molar-refractivity contribution in [3.8, 4) is 6.07 Å². The molecule has 0 aliphatic carbocycles. The van der Waals surface area contributed by atoms with Gasteiger partial charge in [0.15, 0.2) is 0 Å². The van der Waals surface area contributed by atoms with Crippen LogP contribution in [0.3, 0.4) is 0 Å². The lowest BCUT2D eigenvalue weighted by atomic mass is 10.1. The van der Waals surface area contributed by atoms with Crippen molar-refractivity contribution in [2.75, 3.05) is 31.1 Å². The Bertz CT molecular complexity index is 1230. The van der Waals surface area contributed by atoms with Gasteiger partial charge >= 0.3 is 0 Å². The summed E-state index contributed by atoms with van der Waals surface area (Å²) in [5, 5.41) is 9.30. The highest BCUT2D eigenvalue weighted by Gasteiger charge is 2.20. The number of nitriles is 1. The van der Waals surface area contributed by atoms with Gasteiger partial charge in [-0.25, -0.2) is 4.39 Å². The second kappa shape index (κ2) is 8.02. The number of halogens is 1. The Labute approximate surface area is 171 Å². The minimum absolute atomic E-state index is 0.185. The predicted octanol–water partition coefficient (Wildman–Crippen LogP) is 2.82. The number of aromatic nitrogens is 2. The van der Waals surface area contributed by atoms with Crippen LogP contribution >= 0.6 is 0 Å². The third kappa shape index (κ3) is 3.98. The smallest absolute Gasteiger partial charge is 0.251 e. The monoisotopic (exact) mass is 393 g/mol. The molecule has 1 saturated heterocycles. The Morgan fingerprint density at radius 2 is 2.07 bits per heavy atom. The maximum Gasteiger partial charge on any atom is 0.251 e. The molecule has 0 spiro atoms. The van der Waals surface area contributed by atoms with Gasteiger partial charge in [0.2, 0.25) is 0 Å². The Morgan fingerprint density at radius 3 is 2.79 bits per heavy atom. The molecule has 148 valence electrons. The van der Waals surface area contributed by atoms with E-state index in [1.807, 2.05) is 17.9 Å². The van der Waals surface area contributed by atoms with Crippen LogP contribution in [0, 0.1) is 17.1 Å². The summed E-state index contributed by atoms with van der Waals surface area (Å²) in [5.74, 6) is -0.455. The number of hydrogen-bond acceptors (Lipinski definition) is 5. The van der Waals surface area contributed by atoms with Gasteiger partial charge in [-0.05, 0) is 42.3 Å². The fourth-order valence-electron chi connectivity index (χ4n) is 3.56. The average molecular weight is 393 g/mol. The number of nitrogens with zero attached hydrogens (tertiary/aromatic N) is 4. The highest BCUT2D eigenvalue weighted by atomic mass is 19.1. The number of piperazine rings is 1. The first-order chi connectivity index (χ1) is 14.8. The van der Waals surface area contributed by atoms with E-state index in [9.17, 15) is 14.4 Å². The molecule has 29 heavy (non-hydrogen) atoms. The van der Waals surface area contributed by atoms with E-state index in [4.69, 9.17) is 2.74 Å². The summed E-state index contributed by atoms with van der Waals surface area (Å²) >= 11 is 0. The highest BCUT2D eigenvalue weighted by Crippen LogP contribution is 2.23. The van der Waals surface area contributed by atoms with Crippen LogP contribution in [-0.2, 0) is 12.9 Å². The van der Waals surface area contributed by atoms with Gasteiger partial charge in [-0.1, -0.05) is 6.92 Å². The second-order valence-electron chi connectivity index (χ2n) is 6.99. The van der Waals surface area contributed by atoms with E-state index in [0.717, 1.165) is 0 Å². The molecule has 1 aliphatic rings. The molecule has 2 aromatic heterocycles. The molecule has 0 amide bonds. The molecule has 3 aromatic rings. The van der Waals surface area contributed by atoms with E-state index in [1.54, 1.807) is 23.1 Å². The predicted molar refractivity (Wildman–Crippen MR) is 110 cm³/mol. The number of aryl methyl sites for hydroxylation is 1. The van der Waals surface area contributed by atoms with Gasteiger partial charge in [0.25, 0.3) is 5.56 Å². The standard InChI is InChI=1S/C22H22FN5O/c1-2-16-11-19-20(26-22(16)29)9-15(13-25-19)14-27-5-7-28(8-6-27)21-4-3-18(23)10-17(21)12-24/h3-4,9-11,13H,2,5-8,14H2,1H3,(H,26,29)/i14D2. The molecule has 7 heteroatoms. The van der Waals surface area contributed by atoms with Gasteiger partial charge in [-0.3, -0.25) is 14.7 Å². The number of aromatic amines is 1. The van der Waals surface area contributed by atoms with E-state index in [1.165, 1.54) is 18.3 Å². The van der Waals surface area contributed by atoms with E-state index in [2.05, 4.69) is 9.97 Å². The van der Waals surface area contributed by atoms with Crippen LogP contribution in [0.4, 0.5) is 10.1 Å². The number of benzene rings is 1. The molecule has 1 aromatic carbocycles. The molecule has 1 fully saturated rings. The number of nitrogens with one attached hydrogen (secondary N) is 1. The topological polar surface area (TPSA) is 76.0 Å². The summed E-state index contributed by atoms with van der Waals surface area (Å²) in [4.78, 5) is 23.0. The molecule has 0 bridgehead atoms. The van der Waals surface area contributed by atoms with E-state index in [-0.39, 0.29) is 11.1 Å². The van der Waals surface area contributed by atoms with Crippen molar-refractivity contribution < 1.29 is 7.13 Å². The van der Waals surface area contributed by atoms with Crippen LogP contribution in [0.25, 0.3) is 11.0 Å². The first-order valence-corrected chi connectivity index (χ1v) is 9.55. The lowest BCUT2D eigenvalue weighted by Crippen LogP contribution is -2.46. The molecule has 1 aliphatic heterocycles. The summed E-state index contributed by atoms with van der Waals surface area (Å²) in [7, 11) is 0. The van der Waals surface area contributed by atoms with Crippen molar-refractivity contribution in [3.63, 3.8) is 0 Å². The average Bonchev–Trinajstić information content (AvgIpc) is 2.78. The quantitative estimate of drug-likeness (QED) is 0.738. The zero-order valence-electron chi connectivity index (χ0n) is 18.1. The fourth-order valence-corrected chi connectivity index (χ4v) is 3.56. The van der Waals surface area contributed by atoms with Gasteiger partial charge in [0.05, 0.1) is 22.3 Å². The molecule has 4 rings (SSSR count). The summed E-state index contributed by atoms with van der Waals surface area (Å²) in [6, 6.07) is 9.54. The third-order valence-electron chi connectivity index (χ3n) is 5.14. The largest absolute Gasteiger partial charge is 0.368 e. The number of pyridine rings is 2. The molecule has 0 unspecified atom stereocenters. The summed E-state index contributed by atoms with van der Waals surface area (Å²) in [6.07, 6.45) is 2.11. The van der Waals surface area contributed by atoms with Gasteiger partial charge < -0.3 is 9.88 Å². The van der Waals surface area contributed by atoms with E-state index in [0.29, 0.717) is 60.4 Å². The first-order valence-electron chi connectivity index (χ1n) is 10.6. The Balaban J connectivity index is 1.55. The summed E-state index contributed by atoms with van der Waals surface area (Å²) < 4.78 is 30.8. The minimum Gasteiger partial charge on any atom is -0.368 e. The maximum absolute atomic E-state index is 13.4. The highest BCUT2D eigenvalue weighted by molar-refractivity contribution is 5.74. The molecule has 0 atom stereocenters. The molecule has 0 radical (unpaired) electrons. The van der Waals surface area contributed by atoms with E-state index < -0.39 is 12.3 Å². The van der Waals surface area contributed by atoms with Crippen LogP contribution in [0.15, 0.2) is 41.3 Å². The first kappa shape index (κ1) is 16.7. The third-order valence-corrected chi connectivity index (χ3v) is 5.14. The van der Waals surface area contributed by atoms with Crippen molar-refractivity contribution in [2.45, 2.75) is 19.8 Å². The summed E-state index contributed by atoms with van der Waals surface area (Å²) in [6.45, 7) is 1.94. The molecular weight excluding hydrogens is 369 g/mol. The van der Waals surface area contributed by atoms with E-state index >= 15 is 0 Å². The van der Waals surface area contributed by atoms with Gasteiger partial charge in [0.1, 0.15) is 11.9 Å². The Kier molecular flexibility index (Phi) is 4.61. The molecule has 6 nitrogen and oxygen atoms in total. The van der Waals surface area contributed by atoms with Crippen LogP contribution < -0.4 is 10.5 Å². The van der Waals surface area contributed by atoms with Crippen LogP contribution in [0.1, 0.15) is 26.4 Å². The molecular formula is C22H22FN5O. The zero-order valence-corrected chi connectivity index (χ0v) is 16.1. The number of fused-ring (bicyclic) bond motifs is 1. The van der Waals surface area contributed by atoms with Gasteiger partial charge in [-0.2, -0.15) is 5.26 Å². The molecule has 3 heterocycles. The van der Waals surface area contributed by atoms with Crippen LogP contribution in [-0.4, -0.2) is 41.0 Å². The maximum atomic E-state index is 13.4. The second-order valence-corrected chi connectivity index (χ2v) is 6.99. The number of hydrogen-bond donors (Lipinski definition) is 1. The molecule has 1 N–H and O–H groups in total. The van der Waals surface area contributed by atoms with Crippen LogP contribution in [0.2, 0.25) is 0 Å². The fraction of sp³-hybridized carbons (Fsp3) is 0.318. The van der Waals surface area contributed by atoms with Crippen molar-refractivity contribution in [2.24, 2.45) is 0 Å². The van der Waals surface area contributed by atoms with Crippen molar-refractivity contribution >= 4 is 16.7 Å². The number of rotatable bonds is 4. The van der Waals surface area contributed by atoms with Gasteiger partial charge in [-0.15, -0.1) is 0 Å². The minimum atomic E-state index is -1.78. The summed E-state index contributed by atoms with van der Waals surface area (Å²) in [5.41, 5.74) is 2.88. The molecule has 0 saturated carbocycles. The van der Waals surface area contributed by atoms with Gasteiger partial charge in [0, 0.05) is 47.2 Å². The van der Waals surface area contributed by atoms with Crippen molar-refractivity contribution in [1.82, 2.24) is 14.9 Å². The van der Waals surface area contributed by atoms with Crippen LogP contribution in [0.5, 0.6) is 0 Å². The Morgan fingerprint density at radius 1 is 1.28 bits per heavy atom. The lowest BCUT2D eigenvalue weighted by Gasteiger charge is -2.36. The number of H-pyrrole nitrogens is 1. The lowest BCUT2D eigenvalue weighted by molar-refractivity contribution is 0.249. The van der Waals surface area contributed by atoms with Crippen molar-refractivity contribution in [1.29, 1.82) is 5.26 Å². The SMILES string of the molecule is [2H]C([2H])(c1cnc2cc(CC)c(=O)[nH]c2c1)N1CCN(c2ccc(F)cc2C#N)CC1. The number of anilines is 1. The van der Waals surface area contributed by atoms with Crippen molar-refractivity contribution in [3.05, 3.63) is 69.4 Å².